The average molecular weight is 748 g/mol. The molecule has 286 valence electrons. The summed E-state index contributed by atoms with van der Waals surface area (Å²) in [4.78, 5) is 69.9. The number of likely N-dealkylation sites (tertiary alicyclic amines) is 1. The summed E-state index contributed by atoms with van der Waals surface area (Å²) in [5.74, 6) is -0.201. The number of hydrogen-bond acceptors (Lipinski definition) is 8. The van der Waals surface area contributed by atoms with Gasteiger partial charge in [-0.2, -0.15) is 0 Å². The van der Waals surface area contributed by atoms with Crippen LogP contribution in [0.3, 0.4) is 0 Å². The number of carbonyl (C=O) groups is 4. The number of nitrogens with zero attached hydrogens (tertiary/aromatic N) is 5. The summed E-state index contributed by atoms with van der Waals surface area (Å²) in [6, 6.07) is 6.51. The van der Waals surface area contributed by atoms with Crippen LogP contribution < -0.4 is 10.6 Å². The lowest BCUT2D eigenvalue weighted by Gasteiger charge is -2.44. The Morgan fingerprint density at radius 1 is 0.906 bits per heavy atom. The molecule has 1 aromatic heterocycles. The van der Waals surface area contributed by atoms with Crippen LogP contribution in [0.25, 0.3) is 0 Å². The molecule has 1 spiro atoms. The third kappa shape index (κ3) is 7.89. The Kier molecular flexibility index (Phi) is 10.6. The zero-order valence-corrected chi connectivity index (χ0v) is 31.8. The first kappa shape index (κ1) is 36.6. The minimum atomic E-state index is -0.795. The van der Waals surface area contributed by atoms with Crippen molar-refractivity contribution in [3.8, 4) is 0 Å². The lowest BCUT2D eigenvalue weighted by atomic mass is 9.83. The van der Waals surface area contributed by atoms with Gasteiger partial charge in [0, 0.05) is 80.3 Å². The Hall–Kier alpha value is -3.42. The maximum atomic E-state index is 14.3. The zero-order valence-electron chi connectivity index (χ0n) is 31.0. The normalized spacial score (nSPS) is 26.8. The minimum Gasteiger partial charge on any atom is -0.350 e. The SMILES string of the molecule is Cc1sc2nc1CC(=O)NC1(CCN(C(=O)c3ccc(F)cc3)CC1)CC(=O)N1CCC(CC1)N1C[C@@H](NC3CCCC3)C[C@H]1C(=O)N1CCC2CC1. The Morgan fingerprint density at radius 2 is 1.58 bits per heavy atom. The lowest BCUT2D eigenvalue weighted by Crippen LogP contribution is -2.59. The molecule has 6 bridgehead atoms. The Balaban J connectivity index is 1.03. The highest BCUT2D eigenvalue weighted by Gasteiger charge is 2.45. The van der Waals surface area contributed by atoms with Crippen molar-refractivity contribution in [2.75, 3.05) is 45.8 Å². The smallest absolute Gasteiger partial charge is 0.253 e. The van der Waals surface area contributed by atoms with Gasteiger partial charge in [0.25, 0.3) is 5.91 Å². The van der Waals surface area contributed by atoms with Crippen LogP contribution in [0.4, 0.5) is 4.39 Å². The number of aryl methyl sites for hydroxylation is 1. The molecule has 5 fully saturated rings. The molecule has 7 aliphatic heterocycles. The predicted molar refractivity (Wildman–Crippen MR) is 200 cm³/mol. The lowest BCUT2D eigenvalue weighted by molar-refractivity contribution is -0.140. The second-order valence-electron chi connectivity index (χ2n) is 16.5. The standard InChI is InChI=1S/C40H54FN7O4S/c1-26-33-23-35(49)44-40(14-20-47(21-15-40)38(51)28-6-8-29(41)9-7-28)24-36(50)45-18-12-32(13-19-45)48-25-31(42-30-4-2-3-5-30)22-34(48)39(52)46-16-10-27(11-17-46)37(43-33)53-26/h6-9,27,30-32,34,42H,2-5,10-25H2,1H3,(H,44,49)/t31-,34-/m0/s1. The molecule has 1 aliphatic carbocycles. The van der Waals surface area contributed by atoms with Crippen LogP contribution in [-0.4, -0.2) is 124 Å². The molecular weight excluding hydrogens is 694 g/mol. The van der Waals surface area contributed by atoms with Gasteiger partial charge in [0.15, 0.2) is 0 Å². The van der Waals surface area contributed by atoms with Crippen molar-refractivity contribution in [2.45, 2.75) is 126 Å². The largest absolute Gasteiger partial charge is 0.350 e. The third-order valence-electron chi connectivity index (χ3n) is 13.1. The number of aromatic nitrogens is 1. The average Bonchev–Trinajstić information content (AvgIpc) is 3.92. The van der Waals surface area contributed by atoms with Gasteiger partial charge >= 0.3 is 0 Å². The molecule has 4 amide bonds. The van der Waals surface area contributed by atoms with Gasteiger partial charge in [0.05, 0.1) is 35.1 Å². The first-order chi connectivity index (χ1) is 25.6. The molecule has 53 heavy (non-hydrogen) atoms. The van der Waals surface area contributed by atoms with Crippen LogP contribution in [0.1, 0.15) is 109 Å². The van der Waals surface area contributed by atoms with Crippen molar-refractivity contribution < 1.29 is 23.6 Å². The van der Waals surface area contributed by atoms with Crippen LogP contribution >= 0.6 is 11.3 Å². The van der Waals surface area contributed by atoms with Crippen molar-refractivity contribution in [2.24, 2.45) is 0 Å². The number of nitrogens with one attached hydrogen (secondary N) is 2. The van der Waals surface area contributed by atoms with E-state index in [4.69, 9.17) is 4.98 Å². The van der Waals surface area contributed by atoms with Crippen LogP contribution in [0, 0.1) is 12.7 Å². The van der Waals surface area contributed by atoms with Gasteiger partial charge in [0.1, 0.15) is 5.82 Å². The molecule has 2 atom stereocenters. The highest BCUT2D eigenvalue weighted by atomic mass is 32.1. The highest BCUT2D eigenvalue weighted by molar-refractivity contribution is 7.11. The summed E-state index contributed by atoms with van der Waals surface area (Å²) in [5.41, 5.74) is 0.395. The van der Waals surface area contributed by atoms with Gasteiger partial charge in [-0.1, -0.05) is 12.8 Å². The number of benzene rings is 1. The Bertz CT molecular complexity index is 1670. The van der Waals surface area contributed by atoms with Crippen molar-refractivity contribution in [3.63, 3.8) is 0 Å². The summed E-state index contributed by atoms with van der Waals surface area (Å²) in [7, 11) is 0. The topological polar surface area (TPSA) is 118 Å². The minimum absolute atomic E-state index is 0.0156. The number of carbonyl (C=O) groups excluding carboxylic acids is 4. The molecule has 4 saturated heterocycles. The van der Waals surface area contributed by atoms with Gasteiger partial charge in [-0.05, 0) is 89.0 Å². The molecule has 8 aliphatic rings. The fourth-order valence-corrected chi connectivity index (χ4v) is 11.1. The van der Waals surface area contributed by atoms with E-state index < -0.39 is 11.4 Å². The van der Waals surface area contributed by atoms with Gasteiger partial charge < -0.3 is 25.3 Å². The van der Waals surface area contributed by atoms with E-state index in [0.29, 0.717) is 56.7 Å². The summed E-state index contributed by atoms with van der Waals surface area (Å²) < 4.78 is 13.6. The summed E-state index contributed by atoms with van der Waals surface area (Å²) >= 11 is 1.66. The Morgan fingerprint density at radius 3 is 2.28 bits per heavy atom. The van der Waals surface area contributed by atoms with E-state index in [-0.39, 0.29) is 54.5 Å². The van der Waals surface area contributed by atoms with Crippen molar-refractivity contribution >= 4 is 35.0 Å². The van der Waals surface area contributed by atoms with Gasteiger partial charge in [0.2, 0.25) is 17.7 Å². The monoisotopic (exact) mass is 747 g/mol. The molecular formula is C40H54FN7O4S. The van der Waals surface area contributed by atoms with Crippen molar-refractivity contribution in [1.82, 2.24) is 35.2 Å². The molecule has 0 radical (unpaired) electrons. The number of halogens is 1. The molecule has 2 N–H and O–H groups in total. The molecule has 13 heteroatoms. The van der Waals surface area contributed by atoms with Crippen molar-refractivity contribution in [3.05, 3.63) is 51.2 Å². The molecule has 10 rings (SSSR count). The molecule has 0 unspecified atom stereocenters. The van der Waals surface area contributed by atoms with Crippen LogP contribution in [0.2, 0.25) is 0 Å². The number of piperidine rings is 3. The van der Waals surface area contributed by atoms with E-state index >= 15 is 0 Å². The van der Waals surface area contributed by atoms with Crippen molar-refractivity contribution in [1.29, 1.82) is 0 Å². The van der Waals surface area contributed by atoms with Crippen LogP contribution in [-0.2, 0) is 20.8 Å². The van der Waals surface area contributed by atoms with E-state index in [9.17, 15) is 23.6 Å². The zero-order chi connectivity index (χ0) is 36.7. The van der Waals surface area contributed by atoms with Crippen LogP contribution in [0.15, 0.2) is 24.3 Å². The first-order valence-electron chi connectivity index (χ1n) is 20.0. The second-order valence-corrected chi connectivity index (χ2v) is 17.8. The van der Waals surface area contributed by atoms with Gasteiger partial charge in [-0.3, -0.25) is 24.1 Å². The maximum Gasteiger partial charge on any atom is 0.253 e. The third-order valence-corrected chi connectivity index (χ3v) is 14.3. The van der Waals surface area contributed by atoms with E-state index in [2.05, 4.69) is 20.4 Å². The van der Waals surface area contributed by atoms with E-state index in [1.165, 1.54) is 49.9 Å². The molecule has 1 aromatic carbocycles. The fraction of sp³-hybridized carbons (Fsp3) is 0.675. The molecule has 2 aromatic rings. The van der Waals surface area contributed by atoms with E-state index in [0.717, 1.165) is 67.3 Å². The van der Waals surface area contributed by atoms with E-state index in [1.807, 2.05) is 11.8 Å². The van der Waals surface area contributed by atoms with Gasteiger partial charge in [-0.25, -0.2) is 9.37 Å². The number of hydrogen-bond donors (Lipinski definition) is 2. The molecule has 8 heterocycles. The number of thiazole rings is 1. The molecule has 1 saturated carbocycles. The Labute approximate surface area is 316 Å². The van der Waals surface area contributed by atoms with E-state index in [1.54, 1.807) is 16.2 Å². The predicted octanol–water partition coefficient (Wildman–Crippen LogP) is 4.00. The molecule has 11 nitrogen and oxygen atoms in total. The number of amides is 4. The summed E-state index contributed by atoms with van der Waals surface area (Å²) in [6.07, 6.45) is 10.4. The van der Waals surface area contributed by atoms with Crippen LogP contribution in [0.5, 0.6) is 0 Å². The first-order valence-corrected chi connectivity index (χ1v) is 20.8. The fourth-order valence-electron chi connectivity index (χ4n) is 10.00. The second kappa shape index (κ2) is 15.4. The van der Waals surface area contributed by atoms with Gasteiger partial charge in [-0.15, -0.1) is 11.3 Å². The number of fused-ring (bicyclic) bond motifs is 2. The summed E-state index contributed by atoms with van der Waals surface area (Å²) in [6.45, 7) is 6.32. The highest BCUT2D eigenvalue weighted by Crippen LogP contribution is 2.36. The maximum absolute atomic E-state index is 14.3. The quantitative estimate of drug-likeness (QED) is 0.488. The number of rotatable bonds is 3. The summed E-state index contributed by atoms with van der Waals surface area (Å²) in [5, 5.41) is 8.28.